The van der Waals surface area contributed by atoms with E-state index in [-0.39, 0.29) is 0 Å². The van der Waals surface area contributed by atoms with Crippen LogP contribution in [0, 0.1) is 0 Å². The molecule has 0 aromatic heterocycles. The van der Waals surface area contributed by atoms with Crippen molar-refractivity contribution < 1.29 is 9.59 Å². The average molecular weight is 395 g/mol. The summed E-state index contributed by atoms with van der Waals surface area (Å²) in [5.74, 6) is 0.584. The molecule has 0 atom stereocenters. The van der Waals surface area contributed by atoms with Crippen molar-refractivity contribution in [2.75, 3.05) is 52.6 Å². The summed E-state index contributed by atoms with van der Waals surface area (Å²) in [6.45, 7) is 12.0. The minimum atomic E-state index is 0.292. The molecule has 0 saturated carbocycles. The first-order chi connectivity index (χ1) is 13.6. The molecule has 0 aliphatic carbocycles. The number of carbonyl (C=O) groups excluding carboxylic acids is 2. The van der Waals surface area contributed by atoms with Crippen LogP contribution in [0.2, 0.25) is 0 Å². The van der Waals surface area contributed by atoms with Crippen LogP contribution < -0.4 is 0 Å². The number of nitrogens with zero attached hydrogens (tertiary/aromatic N) is 4. The summed E-state index contributed by atoms with van der Waals surface area (Å²) in [4.78, 5) is 32.6. The molecule has 2 heterocycles. The second kappa shape index (κ2) is 13.2. The van der Waals surface area contributed by atoms with Crippen LogP contribution in [0.3, 0.4) is 0 Å². The van der Waals surface area contributed by atoms with E-state index < -0.39 is 0 Å². The standard InChI is InChI=1S/C22H42N4O2/c1-3-21(27)25-17-11-15-23(19-25)13-9-7-5-6-8-10-14-24-16-12-18-26(20-24)22(28)4-2/h3-20H2,1-2H3. The van der Waals surface area contributed by atoms with E-state index in [1.165, 1.54) is 38.5 Å². The van der Waals surface area contributed by atoms with Crippen molar-refractivity contribution in [3.05, 3.63) is 0 Å². The van der Waals surface area contributed by atoms with Gasteiger partial charge in [-0.25, -0.2) is 0 Å². The van der Waals surface area contributed by atoms with E-state index in [1.807, 2.05) is 23.6 Å². The highest BCUT2D eigenvalue weighted by Crippen LogP contribution is 2.13. The van der Waals surface area contributed by atoms with Gasteiger partial charge in [-0.1, -0.05) is 39.5 Å². The highest BCUT2D eigenvalue weighted by atomic mass is 16.2. The lowest BCUT2D eigenvalue weighted by Gasteiger charge is -2.35. The van der Waals surface area contributed by atoms with Crippen molar-refractivity contribution in [2.45, 2.75) is 78.1 Å². The number of unbranched alkanes of at least 4 members (excludes halogenated alkanes) is 5. The lowest BCUT2D eigenvalue weighted by Crippen LogP contribution is -2.47. The Morgan fingerprint density at radius 1 is 0.607 bits per heavy atom. The first kappa shape index (κ1) is 23.1. The molecule has 2 aliphatic rings. The number of amides is 2. The monoisotopic (exact) mass is 394 g/mol. The van der Waals surface area contributed by atoms with Gasteiger partial charge in [0.15, 0.2) is 0 Å². The van der Waals surface area contributed by atoms with Crippen LogP contribution in [0.15, 0.2) is 0 Å². The molecule has 6 nitrogen and oxygen atoms in total. The van der Waals surface area contributed by atoms with Gasteiger partial charge in [-0.05, 0) is 38.8 Å². The Hall–Kier alpha value is -1.14. The van der Waals surface area contributed by atoms with Gasteiger partial charge in [0.2, 0.25) is 11.8 Å². The van der Waals surface area contributed by atoms with E-state index in [0.717, 1.165) is 65.4 Å². The second-order valence-electron chi connectivity index (χ2n) is 8.37. The molecule has 2 aliphatic heterocycles. The van der Waals surface area contributed by atoms with E-state index in [0.29, 0.717) is 24.7 Å². The summed E-state index contributed by atoms with van der Waals surface area (Å²) < 4.78 is 0. The third-order valence-electron chi connectivity index (χ3n) is 6.06. The summed E-state index contributed by atoms with van der Waals surface area (Å²) in [6, 6.07) is 0. The summed E-state index contributed by atoms with van der Waals surface area (Å²) in [6.07, 6.45) is 11.2. The Labute approximate surface area is 172 Å². The fraction of sp³-hybridized carbons (Fsp3) is 0.909. The zero-order chi connectivity index (χ0) is 20.2. The maximum absolute atomic E-state index is 11.8. The lowest BCUT2D eigenvalue weighted by molar-refractivity contribution is -0.135. The highest BCUT2D eigenvalue weighted by Gasteiger charge is 2.21. The molecule has 162 valence electrons. The van der Waals surface area contributed by atoms with Gasteiger partial charge < -0.3 is 9.80 Å². The summed E-state index contributed by atoms with van der Waals surface area (Å²) in [5.41, 5.74) is 0. The smallest absolute Gasteiger partial charge is 0.223 e. The summed E-state index contributed by atoms with van der Waals surface area (Å²) >= 11 is 0. The van der Waals surface area contributed by atoms with E-state index >= 15 is 0 Å². The van der Waals surface area contributed by atoms with Crippen LogP contribution >= 0.6 is 0 Å². The minimum absolute atomic E-state index is 0.292. The Bertz CT molecular complexity index is 429. The summed E-state index contributed by atoms with van der Waals surface area (Å²) in [7, 11) is 0. The van der Waals surface area contributed by atoms with Crippen LogP contribution in [0.1, 0.15) is 78.1 Å². The topological polar surface area (TPSA) is 47.1 Å². The molecule has 2 fully saturated rings. The Kier molecular flexibility index (Phi) is 10.9. The molecular formula is C22H42N4O2. The number of rotatable bonds is 11. The molecule has 0 unspecified atom stereocenters. The van der Waals surface area contributed by atoms with E-state index in [2.05, 4.69) is 9.80 Å². The normalized spacial score (nSPS) is 19.2. The molecule has 2 amide bonds. The minimum Gasteiger partial charge on any atom is -0.330 e. The van der Waals surface area contributed by atoms with Crippen LogP contribution in [-0.2, 0) is 9.59 Å². The average Bonchev–Trinajstić information content (AvgIpc) is 2.74. The van der Waals surface area contributed by atoms with Crippen molar-refractivity contribution >= 4 is 11.8 Å². The van der Waals surface area contributed by atoms with Crippen molar-refractivity contribution in [2.24, 2.45) is 0 Å². The molecule has 0 aromatic rings. The number of hydrogen-bond acceptors (Lipinski definition) is 4. The third kappa shape index (κ3) is 8.08. The molecule has 0 bridgehead atoms. The van der Waals surface area contributed by atoms with E-state index in [9.17, 15) is 9.59 Å². The zero-order valence-corrected chi connectivity index (χ0v) is 18.3. The molecule has 6 heteroatoms. The fourth-order valence-electron chi connectivity index (χ4n) is 4.33. The highest BCUT2D eigenvalue weighted by molar-refractivity contribution is 5.76. The van der Waals surface area contributed by atoms with Crippen LogP contribution in [-0.4, -0.2) is 84.0 Å². The van der Waals surface area contributed by atoms with Crippen LogP contribution in [0.4, 0.5) is 0 Å². The molecule has 2 rings (SSSR count). The number of carbonyl (C=O) groups is 2. The van der Waals surface area contributed by atoms with Crippen molar-refractivity contribution in [1.29, 1.82) is 0 Å². The maximum Gasteiger partial charge on any atom is 0.223 e. The van der Waals surface area contributed by atoms with Crippen molar-refractivity contribution in [3.63, 3.8) is 0 Å². The van der Waals surface area contributed by atoms with Crippen LogP contribution in [0.5, 0.6) is 0 Å². The van der Waals surface area contributed by atoms with E-state index in [1.54, 1.807) is 0 Å². The third-order valence-corrected chi connectivity index (χ3v) is 6.06. The van der Waals surface area contributed by atoms with Gasteiger partial charge in [0.05, 0.1) is 13.3 Å². The quantitative estimate of drug-likeness (QED) is 0.505. The molecule has 0 aromatic carbocycles. The van der Waals surface area contributed by atoms with Gasteiger partial charge >= 0.3 is 0 Å². The molecule has 0 radical (unpaired) electrons. The fourth-order valence-corrected chi connectivity index (χ4v) is 4.33. The van der Waals surface area contributed by atoms with Crippen molar-refractivity contribution in [1.82, 2.24) is 19.6 Å². The Morgan fingerprint density at radius 3 is 1.39 bits per heavy atom. The molecular weight excluding hydrogens is 352 g/mol. The predicted molar refractivity (Wildman–Crippen MR) is 114 cm³/mol. The lowest BCUT2D eigenvalue weighted by atomic mass is 10.1. The predicted octanol–water partition coefficient (Wildman–Crippen LogP) is 3.13. The molecule has 2 saturated heterocycles. The van der Waals surface area contributed by atoms with E-state index in [4.69, 9.17) is 0 Å². The molecule has 0 spiro atoms. The van der Waals surface area contributed by atoms with Gasteiger partial charge in [0, 0.05) is 39.0 Å². The molecule has 28 heavy (non-hydrogen) atoms. The van der Waals surface area contributed by atoms with Crippen molar-refractivity contribution in [3.8, 4) is 0 Å². The molecule has 0 N–H and O–H groups in total. The first-order valence-corrected chi connectivity index (χ1v) is 11.6. The van der Waals surface area contributed by atoms with Gasteiger partial charge in [-0.15, -0.1) is 0 Å². The van der Waals surface area contributed by atoms with Gasteiger partial charge in [-0.3, -0.25) is 19.4 Å². The van der Waals surface area contributed by atoms with Gasteiger partial charge in [-0.2, -0.15) is 0 Å². The maximum atomic E-state index is 11.8. The number of hydrogen-bond donors (Lipinski definition) is 0. The van der Waals surface area contributed by atoms with Crippen LogP contribution in [0.25, 0.3) is 0 Å². The zero-order valence-electron chi connectivity index (χ0n) is 18.3. The first-order valence-electron chi connectivity index (χ1n) is 11.6. The summed E-state index contributed by atoms with van der Waals surface area (Å²) in [5, 5.41) is 0. The Balaban J connectivity index is 1.45. The van der Waals surface area contributed by atoms with Gasteiger partial charge in [0.1, 0.15) is 0 Å². The Morgan fingerprint density at radius 2 is 1.00 bits per heavy atom. The second-order valence-corrected chi connectivity index (χ2v) is 8.37. The SMILES string of the molecule is CCC(=O)N1CCCN(CCCCCCCCN2CCCN(C(=O)CC)C2)C1. The van der Waals surface area contributed by atoms with Gasteiger partial charge in [0.25, 0.3) is 0 Å². The largest absolute Gasteiger partial charge is 0.330 e.